The molecule has 0 fully saturated rings. The Morgan fingerprint density at radius 1 is 1.18 bits per heavy atom. The van der Waals surface area contributed by atoms with Crippen LogP contribution >= 0.6 is 11.6 Å². The van der Waals surface area contributed by atoms with Gasteiger partial charge in [-0.2, -0.15) is 0 Å². The molecule has 0 atom stereocenters. The molecule has 0 aliphatic heterocycles. The van der Waals surface area contributed by atoms with Crippen molar-refractivity contribution >= 4 is 39.1 Å². The zero-order valence-electron chi connectivity index (χ0n) is 11.8. The second kappa shape index (κ2) is 4.99. The predicted octanol–water partition coefficient (Wildman–Crippen LogP) is 3.26. The standard InChI is InChI=1S/C15H11ClN2O4/c1-17-12-5-8(22-2)3-4-9(12)15(19)10-6-14(18(20)21)11(16)7-13(10)17/h3-7H,1-2H3. The van der Waals surface area contributed by atoms with Crippen molar-refractivity contribution in [2.45, 2.75) is 0 Å². The maximum absolute atomic E-state index is 12.6. The van der Waals surface area contributed by atoms with Gasteiger partial charge in [-0.05, 0) is 18.2 Å². The minimum Gasteiger partial charge on any atom is -0.497 e. The normalized spacial score (nSPS) is 11.0. The van der Waals surface area contributed by atoms with Crippen molar-refractivity contribution in [2.75, 3.05) is 7.11 Å². The molecule has 3 aromatic rings. The number of hydrogen-bond acceptors (Lipinski definition) is 4. The Bertz CT molecular complexity index is 994. The van der Waals surface area contributed by atoms with Crippen LogP contribution in [0.1, 0.15) is 0 Å². The first-order valence-electron chi connectivity index (χ1n) is 6.38. The summed E-state index contributed by atoms with van der Waals surface area (Å²) in [7, 11) is 3.31. The van der Waals surface area contributed by atoms with E-state index in [1.165, 1.54) is 12.1 Å². The van der Waals surface area contributed by atoms with Crippen LogP contribution in [0.4, 0.5) is 5.69 Å². The van der Waals surface area contributed by atoms with Crippen molar-refractivity contribution in [1.82, 2.24) is 4.57 Å². The van der Waals surface area contributed by atoms with Crippen molar-refractivity contribution in [3.8, 4) is 5.75 Å². The third kappa shape index (κ3) is 2.00. The van der Waals surface area contributed by atoms with E-state index in [-0.39, 0.29) is 21.5 Å². The number of methoxy groups -OCH3 is 1. The van der Waals surface area contributed by atoms with Gasteiger partial charge in [0.1, 0.15) is 10.8 Å². The average Bonchev–Trinajstić information content (AvgIpc) is 2.51. The highest BCUT2D eigenvalue weighted by atomic mass is 35.5. The molecular formula is C15H11ClN2O4. The van der Waals surface area contributed by atoms with Gasteiger partial charge in [0, 0.05) is 24.6 Å². The molecule has 0 N–H and O–H groups in total. The molecule has 0 radical (unpaired) electrons. The van der Waals surface area contributed by atoms with Crippen molar-refractivity contribution in [1.29, 1.82) is 0 Å². The number of rotatable bonds is 2. The summed E-state index contributed by atoms with van der Waals surface area (Å²) in [5.74, 6) is 0.620. The molecule has 0 bridgehead atoms. The lowest BCUT2D eigenvalue weighted by Crippen LogP contribution is -2.10. The quantitative estimate of drug-likeness (QED) is 0.413. The molecule has 7 heteroatoms. The summed E-state index contributed by atoms with van der Waals surface area (Å²) in [4.78, 5) is 23.0. The number of halogens is 1. The summed E-state index contributed by atoms with van der Waals surface area (Å²) in [6.45, 7) is 0. The molecule has 6 nitrogen and oxygen atoms in total. The minimum absolute atomic E-state index is 0.00486. The van der Waals surface area contributed by atoms with E-state index < -0.39 is 4.92 Å². The maximum atomic E-state index is 12.6. The molecule has 0 aliphatic rings. The van der Waals surface area contributed by atoms with E-state index >= 15 is 0 Å². The monoisotopic (exact) mass is 318 g/mol. The zero-order valence-corrected chi connectivity index (χ0v) is 12.5. The Balaban J connectivity index is 2.53. The van der Waals surface area contributed by atoms with Crippen LogP contribution in [0.15, 0.2) is 35.1 Å². The Hall–Kier alpha value is -2.60. The fraction of sp³-hybridized carbons (Fsp3) is 0.133. The number of aromatic nitrogens is 1. The molecule has 0 unspecified atom stereocenters. The molecule has 2 aromatic carbocycles. The minimum atomic E-state index is -0.598. The van der Waals surface area contributed by atoms with Crippen molar-refractivity contribution in [2.24, 2.45) is 7.05 Å². The van der Waals surface area contributed by atoms with Gasteiger partial charge in [-0.15, -0.1) is 0 Å². The highest BCUT2D eigenvalue weighted by Crippen LogP contribution is 2.30. The van der Waals surface area contributed by atoms with Gasteiger partial charge in [0.15, 0.2) is 5.43 Å². The van der Waals surface area contributed by atoms with Crippen molar-refractivity contribution < 1.29 is 9.66 Å². The summed E-state index contributed by atoms with van der Waals surface area (Å²) < 4.78 is 6.94. The van der Waals surface area contributed by atoms with Crippen LogP contribution in [0.2, 0.25) is 5.02 Å². The van der Waals surface area contributed by atoms with E-state index in [1.54, 1.807) is 36.9 Å². The number of nitro benzene ring substituents is 1. The first-order valence-corrected chi connectivity index (χ1v) is 6.76. The first kappa shape index (κ1) is 14.3. The SMILES string of the molecule is COc1ccc2c(=O)c3cc([N+](=O)[O-])c(Cl)cc3n(C)c2c1. The molecule has 3 rings (SSSR count). The van der Waals surface area contributed by atoms with E-state index in [9.17, 15) is 14.9 Å². The third-order valence-electron chi connectivity index (χ3n) is 3.68. The Labute approximate surface area is 129 Å². The number of nitro groups is 1. The molecule has 0 saturated carbocycles. The molecular weight excluding hydrogens is 308 g/mol. The summed E-state index contributed by atoms with van der Waals surface area (Å²) >= 11 is 5.95. The molecule has 1 heterocycles. The van der Waals surface area contributed by atoms with Gasteiger partial charge in [0.25, 0.3) is 5.69 Å². The van der Waals surface area contributed by atoms with Gasteiger partial charge in [-0.3, -0.25) is 14.9 Å². The number of ether oxygens (including phenoxy) is 1. The summed E-state index contributed by atoms with van der Waals surface area (Å²) in [5, 5.41) is 11.7. The molecule has 0 aliphatic carbocycles. The van der Waals surface area contributed by atoms with Crippen LogP contribution in [0.25, 0.3) is 21.8 Å². The van der Waals surface area contributed by atoms with Crippen molar-refractivity contribution in [3.63, 3.8) is 0 Å². The van der Waals surface area contributed by atoms with E-state index in [2.05, 4.69) is 0 Å². The molecule has 112 valence electrons. The number of hydrogen-bond donors (Lipinski definition) is 0. The zero-order chi connectivity index (χ0) is 16.0. The smallest absolute Gasteiger partial charge is 0.288 e. The van der Waals surface area contributed by atoms with Crippen molar-refractivity contribution in [3.05, 3.63) is 55.7 Å². The van der Waals surface area contributed by atoms with Gasteiger partial charge >= 0.3 is 0 Å². The lowest BCUT2D eigenvalue weighted by molar-refractivity contribution is -0.384. The number of pyridine rings is 1. The first-order chi connectivity index (χ1) is 10.4. The van der Waals surface area contributed by atoms with Gasteiger partial charge in [-0.1, -0.05) is 11.6 Å². The lowest BCUT2D eigenvalue weighted by atomic mass is 10.1. The highest BCUT2D eigenvalue weighted by Gasteiger charge is 2.18. The number of benzene rings is 2. The molecule has 1 aromatic heterocycles. The van der Waals surface area contributed by atoms with Crippen LogP contribution in [0, 0.1) is 10.1 Å². The lowest BCUT2D eigenvalue weighted by Gasteiger charge is -2.12. The Morgan fingerprint density at radius 2 is 1.86 bits per heavy atom. The Morgan fingerprint density at radius 3 is 2.50 bits per heavy atom. The highest BCUT2D eigenvalue weighted by molar-refractivity contribution is 6.33. The van der Waals surface area contributed by atoms with Gasteiger partial charge in [0.05, 0.1) is 28.5 Å². The summed E-state index contributed by atoms with van der Waals surface area (Å²) in [6.07, 6.45) is 0. The van der Waals surface area contributed by atoms with E-state index in [4.69, 9.17) is 16.3 Å². The fourth-order valence-electron chi connectivity index (χ4n) is 2.53. The largest absolute Gasteiger partial charge is 0.497 e. The fourth-order valence-corrected chi connectivity index (χ4v) is 2.76. The van der Waals surface area contributed by atoms with Gasteiger partial charge < -0.3 is 9.30 Å². The van der Waals surface area contributed by atoms with E-state index in [1.807, 2.05) is 0 Å². The second-order valence-electron chi connectivity index (χ2n) is 4.85. The third-order valence-corrected chi connectivity index (χ3v) is 3.98. The topological polar surface area (TPSA) is 74.4 Å². The summed E-state index contributed by atoms with van der Waals surface area (Å²) in [5.41, 5.74) is 0.646. The van der Waals surface area contributed by atoms with E-state index in [0.29, 0.717) is 22.2 Å². The number of aryl methyl sites for hydroxylation is 1. The van der Waals surface area contributed by atoms with Crippen LogP contribution in [0.5, 0.6) is 5.75 Å². The molecule has 0 amide bonds. The number of nitrogens with zero attached hydrogens (tertiary/aromatic N) is 2. The second-order valence-corrected chi connectivity index (χ2v) is 5.26. The van der Waals surface area contributed by atoms with Crippen LogP contribution in [-0.2, 0) is 7.05 Å². The van der Waals surface area contributed by atoms with Crippen LogP contribution in [0.3, 0.4) is 0 Å². The van der Waals surface area contributed by atoms with Gasteiger partial charge in [-0.25, -0.2) is 0 Å². The van der Waals surface area contributed by atoms with E-state index in [0.717, 1.165) is 0 Å². The van der Waals surface area contributed by atoms with Crippen LogP contribution < -0.4 is 10.2 Å². The number of fused-ring (bicyclic) bond motifs is 2. The predicted molar refractivity (Wildman–Crippen MR) is 84.9 cm³/mol. The van der Waals surface area contributed by atoms with Crippen LogP contribution in [-0.4, -0.2) is 16.6 Å². The summed E-state index contributed by atoms with van der Waals surface area (Å²) in [6, 6.07) is 7.74. The molecule has 22 heavy (non-hydrogen) atoms. The van der Waals surface area contributed by atoms with Gasteiger partial charge in [0.2, 0.25) is 0 Å². The average molecular weight is 319 g/mol. The molecule has 0 spiro atoms. The molecule has 0 saturated heterocycles. The Kier molecular flexibility index (Phi) is 3.26. The maximum Gasteiger partial charge on any atom is 0.288 e.